The van der Waals surface area contributed by atoms with Gasteiger partial charge in [0.1, 0.15) is 0 Å². The van der Waals surface area contributed by atoms with E-state index in [1.807, 2.05) is 12.1 Å². The van der Waals surface area contributed by atoms with Crippen LogP contribution >= 0.6 is 0 Å². The number of nitrogens with zero attached hydrogens (tertiary/aromatic N) is 3. The minimum atomic E-state index is 0.446. The second-order valence-electron chi connectivity index (χ2n) is 7.40. The standard InChI is InChI=1S/C23H33N5/c1-3-19-9-11-22(12-10-19)26-23(24)25-17-20-5-7-21(8-6-20)18-28-15-13-27(4-2)14-16-28/h5-12H,3-4,13-18H2,1-2H3,(H3,24,25,26). The zero-order chi connectivity index (χ0) is 19.8. The van der Waals surface area contributed by atoms with E-state index in [1.54, 1.807) is 0 Å². The molecule has 2 aromatic carbocycles. The number of likely N-dealkylation sites (N-methyl/N-ethyl adjacent to an activating group) is 1. The molecular formula is C23H33N5. The van der Waals surface area contributed by atoms with E-state index < -0.39 is 0 Å². The molecule has 0 atom stereocenters. The van der Waals surface area contributed by atoms with Gasteiger partial charge >= 0.3 is 0 Å². The molecule has 1 heterocycles. The first-order valence-corrected chi connectivity index (χ1v) is 10.3. The largest absolute Gasteiger partial charge is 0.370 e. The molecule has 5 nitrogen and oxygen atoms in total. The number of nitrogens with two attached hydrogens (primary N) is 1. The summed E-state index contributed by atoms with van der Waals surface area (Å²) in [5, 5.41) is 3.15. The number of nitrogens with one attached hydrogen (secondary N) is 1. The lowest BCUT2D eigenvalue weighted by atomic mass is 10.1. The predicted molar refractivity (Wildman–Crippen MR) is 119 cm³/mol. The van der Waals surface area contributed by atoms with Gasteiger partial charge in [0.15, 0.2) is 5.96 Å². The summed E-state index contributed by atoms with van der Waals surface area (Å²) in [7, 11) is 0. The van der Waals surface area contributed by atoms with Gasteiger partial charge < -0.3 is 16.0 Å². The van der Waals surface area contributed by atoms with Gasteiger partial charge in [0.25, 0.3) is 0 Å². The Balaban J connectivity index is 1.47. The lowest BCUT2D eigenvalue weighted by Crippen LogP contribution is -2.45. The lowest BCUT2D eigenvalue weighted by molar-refractivity contribution is 0.132. The van der Waals surface area contributed by atoms with Crippen molar-refractivity contribution in [1.82, 2.24) is 9.80 Å². The molecule has 1 aliphatic heterocycles. The minimum absolute atomic E-state index is 0.446. The van der Waals surface area contributed by atoms with E-state index in [1.165, 1.54) is 29.8 Å². The zero-order valence-electron chi connectivity index (χ0n) is 17.2. The Morgan fingerprint density at radius 3 is 2.04 bits per heavy atom. The molecule has 1 saturated heterocycles. The summed E-state index contributed by atoms with van der Waals surface area (Å²) >= 11 is 0. The SMILES string of the molecule is CCc1ccc(NC(N)=NCc2ccc(CN3CCN(CC)CC3)cc2)cc1. The first-order chi connectivity index (χ1) is 13.7. The third-order valence-electron chi connectivity index (χ3n) is 5.41. The molecule has 0 aliphatic carbocycles. The van der Waals surface area contributed by atoms with Crippen LogP contribution in [0.4, 0.5) is 5.69 Å². The van der Waals surface area contributed by atoms with Crippen LogP contribution in [0.2, 0.25) is 0 Å². The van der Waals surface area contributed by atoms with Gasteiger partial charge in [0.2, 0.25) is 0 Å². The van der Waals surface area contributed by atoms with Crippen LogP contribution in [0.15, 0.2) is 53.5 Å². The summed E-state index contributed by atoms with van der Waals surface area (Å²) in [5.41, 5.74) is 10.8. The quantitative estimate of drug-likeness (QED) is 0.572. The number of hydrogen-bond donors (Lipinski definition) is 2. The lowest BCUT2D eigenvalue weighted by Gasteiger charge is -2.34. The molecule has 28 heavy (non-hydrogen) atoms. The maximum Gasteiger partial charge on any atom is 0.193 e. The molecule has 0 unspecified atom stereocenters. The van der Waals surface area contributed by atoms with Crippen LogP contribution in [0.1, 0.15) is 30.5 Å². The Labute approximate surface area is 169 Å². The average Bonchev–Trinajstić information content (AvgIpc) is 2.74. The fourth-order valence-corrected chi connectivity index (χ4v) is 3.46. The Bertz CT molecular complexity index is 744. The van der Waals surface area contributed by atoms with Crippen molar-refractivity contribution >= 4 is 11.6 Å². The number of guanidine groups is 1. The van der Waals surface area contributed by atoms with Crippen LogP contribution < -0.4 is 11.1 Å². The highest BCUT2D eigenvalue weighted by Crippen LogP contribution is 2.12. The second-order valence-corrected chi connectivity index (χ2v) is 7.40. The van der Waals surface area contributed by atoms with Crippen molar-refractivity contribution < 1.29 is 0 Å². The molecule has 3 rings (SSSR count). The Morgan fingerprint density at radius 1 is 0.857 bits per heavy atom. The molecule has 150 valence electrons. The first kappa shape index (κ1) is 20.4. The second kappa shape index (κ2) is 10.2. The van der Waals surface area contributed by atoms with Crippen LogP contribution in [-0.2, 0) is 19.5 Å². The molecule has 3 N–H and O–H groups in total. The fourth-order valence-electron chi connectivity index (χ4n) is 3.46. The van der Waals surface area contributed by atoms with Crippen molar-refractivity contribution in [3.63, 3.8) is 0 Å². The number of rotatable bonds is 7. The van der Waals surface area contributed by atoms with Gasteiger partial charge in [-0.2, -0.15) is 0 Å². The van der Waals surface area contributed by atoms with Gasteiger partial charge in [-0.15, -0.1) is 0 Å². The highest BCUT2D eigenvalue weighted by atomic mass is 15.3. The molecule has 0 radical (unpaired) electrons. The first-order valence-electron chi connectivity index (χ1n) is 10.3. The summed E-state index contributed by atoms with van der Waals surface area (Å²) in [6.07, 6.45) is 1.04. The van der Waals surface area contributed by atoms with Gasteiger partial charge in [0, 0.05) is 38.4 Å². The number of aryl methyl sites for hydroxylation is 1. The number of benzene rings is 2. The highest BCUT2D eigenvalue weighted by Gasteiger charge is 2.15. The van der Waals surface area contributed by atoms with Crippen LogP contribution in [-0.4, -0.2) is 48.5 Å². The zero-order valence-corrected chi connectivity index (χ0v) is 17.2. The number of aliphatic imine (C=N–C) groups is 1. The molecule has 0 spiro atoms. The molecule has 5 heteroatoms. The van der Waals surface area contributed by atoms with E-state index in [2.05, 4.69) is 70.4 Å². The fraction of sp³-hybridized carbons (Fsp3) is 0.435. The summed E-state index contributed by atoms with van der Waals surface area (Å²) < 4.78 is 0. The molecule has 0 saturated carbocycles. The molecule has 0 aromatic heterocycles. The molecule has 2 aromatic rings. The van der Waals surface area contributed by atoms with E-state index in [0.717, 1.165) is 38.3 Å². The molecule has 0 bridgehead atoms. The van der Waals surface area contributed by atoms with Crippen LogP contribution in [0, 0.1) is 0 Å². The van der Waals surface area contributed by atoms with Crippen molar-refractivity contribution in [2.24, 2.45) is 10.7 Å². The summed E-state index contributed by atoms with van der Waals surface area (Å²) in [4.78, 5) is 9.50. The summed E-state index contributed by atoms with van der Waals surface area (Å²) in [6, 6.07) is 17.0. The highest BCUT2D eigenvalue weighted by molar-refractivity contribution is 5.92. The molecule has 0 amide bonds. The maximum atomic E-state index is 6.03. The number of hydrogen-bond acceptors (Lipinski definition) is 3. The Hall–Kier alpha value is -2.37. The van der Waals surface area contributed by atoms with E-state index in [4.69, 9.17) is 5.73 Å². The molecule has 1 fully saturated rings. The van der Waals surface area contributed by atoms with Gasteiger partial charge in [-0.05, 0) is 41.8 Å². The molecule has 1 aliphatic rings. The summed E-state index contributed by atoms with van der Waals surface area (Å²) in [5.74, 6) is 0.446. The normalized spacial score (nSPS) is 16.3. The van der Waals surface area contributed by atoms with Crippen LogP contribution in [0.25, 0.3) is 0 Å². The third-order valence-corrected chi connectivity index (χ3v) is 5.41. The van der Waals surface area contributed by atoms with E-state index in [-0.39, 0.29) is 0 Å². The predicted octanol–water partition coefficient (Wildman–Crippen LogP) is 3.31. The van der Waals surface area contributed by atoms with Crippen LogP contribution in [0.5, 0.6) is 0 Å². The molecular weight excluding hydrogens is 346 g/mol. The Morgan fingerprint density at radius 2 is 1.43 bits per heavy atom. The topological polar surface area (TPSA) is 56.9 Å². The van der Waals surface area contributed by atoms with E-state index in [9.17, 15) is 0 Å². The van der Waals surface area contributed by atoms with Crippen LogP contribution in [0.3, 0.4) is 0 Å². The number of piperazine rings is 1. The third kappa shape index (κ3) is 6.08. The number of anilines is 1. The van der Waals surface area contributed by atoms with Gasteiger partial charge in [-0.1, -0.05) is 50.2 Å². The average molecular weight is 380 g/mol. The van der Waals surface area contributed by atoms with Crippen molar-refractivity contribution in [3.05, 3.63) is 65.2 Å². The van der Waals surface area contributed by atoms with Gasteiger partial charge in [0.05, 0.1) is 6.54 Å². The monoisotopic (exact) mass is 379 g/mol. The minimum Gasteiger partial charge on any atom is -0.370 e. The van der Waals surface area contributed by atoms with E-state index >= 15 is 0 Å². The smallest absolute Gasteiger partial charge is 0.193 e. The van der Waals surface area contributed by atoms with Crippen molar-refractivity contribution in [1.29, 1.82) is 0 Å². The van der Waals surface area contributed by atoms with Gasteiger partial charge in [-0.3, -0.25) is 4.90 Å². The van der Waals surface area contributed by atoms with Crippen molar-refractivity contribution in [3.8, 4) is 0 Å². The summed E-state index contributed by atoms with van der Waals surface area (Å²) in [6.45, 7) is 11.8. The van der Waals surface area contributed by atoms with E-state index in [0.29, 0.717) is 12.5 Å². The Kier molecular flexibility index (Phi) is 7.46. The van der Waals surface area contributed by atoms with Crippen molar-refractivity contribution in [2.75, 3.05) is 38.0 Å². The van der Waals surface area contributed by atoms with Gasteiger partial charge in [-0.25, -0.2) is 4.99 Å². The maximum absolute atomic E-state index is 6.03. The van der Waals surface area contributed by atoms with Crippen molar-refractivity contribution in [2.45, 2.75) is 33.4 Å².